The Labute approximate surface area is 238 Å². The second kappa shape index (κ2) is 12.5. The lowest BCUT2D eigenvalue weighted by Gasteiger charge is -2.09. The van der Waals surface area contributed by atoms with Gasteiger partial charge in [-0.05, 0) is 6.26 Å². The highest BCUT2D eigenvalue weighted by Crippen LogP contribution is 2.37. The van der Waals surface area contributed by atoms with Gasteiger partial charge in [-0.3, -0.25) is 0 Å². The Bertz CT molecular complexity index is 1660. The third kappa shape index (κ3) is 6.66. The Hall–Kier alpha value is -2.56. The minimum atomic E-state index is -3.70. The van der Waals surface area contributed by atoms with Crippen molar-refractivity contribution in [3.05, 3.63) is 33.8 Å². The van der Waals surface area contributed by atoms with Crippen LogP contribution in [0.15, 0.2) is 22.4 Å². The molecule has 8 nitrogen and oxygen atoms in total. The molecule has 0 bridgehead atoms. The van der Waals surface area contributed by atoms with Gasteiger partial charge in [0.2, 0.25) is 15.0 Å². The number of rotatable bonds is 8. The van der Waals surface area contributed by atoms with Gasteiger partial charge in [-0.15, -0.1) is 0 Å². The van der Waals surface area contributed by atoms with Gasteiger partial charge in [-0.1, -0.05) is 35.0 Å². The molecule has 4 aromatic rings. The third-order valence-corrected chi connectivity index (χ3v) is 7.66. The number of thioether (sulfide) groups is 1. The highest BCUT2D eigenvalue weighted by atomic mass is 35.5. The zero-order chi connectivity index (χ0) is 30.1. The number of sulfone groups is 1. The minimum absolute atomic E-state index is 0.0404. The van der Waals surface area contributed by atoms with E-state index in [9.17, 15) is 34.8 Å². The van der Waals surface area contributed by atoms with Crippen molar-refractivity contribution in [3.63, 3.8) is 0 Å². The number of aromatic nitrogens is 4. The molecule has 0 radical (unpaired) electrons. The summed E-state index contributed by atoms with van der Waals surface area (Å²) in [5, 5.41) is 0.0791. The summed E-state index contributed by atoms with van der Waals surface area (Å²) < 4.78 is 112. The first-order valence-corrected chi connectivity index (χ1v) is 14.7. The molecule has 0 N–H and O–H groups in total. The second-order valence-electron chi connectivity index (χ2n) is 8.02. The average molecular weight is 653 g/mol. The van der Waals surface area contributed by atoms with Crippen molar-refractivity contribution in [3.8, 4) is 11.5 Å². The molecule has 0 fully saturated rings. The molecule has 2 aromatic carbocycles. The van der Waals surface area contributed by atoms with Gasteiger partial charge < -0.3 is 18.6 Å². The first kappa shape index (κ1) is 32.0. The van der Waals surface area contributed by atoms with Gasteiger partial charge in [0.1, 0.15) is 45.8 Å². The van der Waals surface area contributed by atoms with Crippen LogP contribution in [0.4, 0.5) is 26.3 Å². The normalized spacial score (nSPS) is 11.9. The fraction of sp³-hybridized carbons (Fsp3) is 0.364. The number of hydrogen-bond acceptors (Lipinski definition) is 7. The molecule has 0 amide bonds. The number of fused-ring (bicyclic) bond motifs is 2. The largest absolute Gasteiger partial charge is 0.486 e. The topological polar surface area (TPSA) is 88.2 Å². The number of ether oxygens (including phenoxy) is 2. The first-order chi connectivity index (χ1) is 18.6. The highest BCUT2D eigenvalue weighted by Gasteiger charge is 2.24. The molecular formula is C22H20Cl2F6N4O4S2. The summed E-state index contributed by atoms with van der Waals surface area (Å²) in [5.74, 6) is -1.98. The summed E-state index contributed by atoms with van der Waals surface area (Å²) in [6.45, 7) is -1.79. The van der Waals surface area contributed by atoms with Crippen molar-refractivity contribution in [2.45, 2.75) is 23.2 Å². The van der Waals surface area contributed by atoms with Crippen LogP contribution in [0.25, 0.3) is 22.1 Å². The molecule has 0 atom stereocenters. The average Bonchev–Trinajstić information content (AvgIpc) is 3.40. The number of benzene rings is 2. The van der Waals surface area contributed by atoms with Crippen LogP contribution in [0.5, 0.6) is 11.5 Å². The number of hydrogen-bond donors (Lipinski definition) is 0. The molecule has 0 saturated carbocycles. The zero-order valence-electron chi connectivity index (χ0n) is 21.0. The van der Waals surface area contributed by atoms with Crippen LogP contribution in [0.1, 0.15) is 0 Å². The minimum Gasteiger partial charge on any atom is -0.486 e. The summed E-state index contributed by atoms with van der Waals surface area (Å²) in [6.07, 6.45) is -2.70. The Kier molecular flexibility index (Phi) is 10.0. The van der Waals surface area contributed by atoms with Gasteiger partial charge >= 0.3 is 0 Å². The third-order valence-electron chi connectivity index (χ3n) is 5.17. The molecule has 0 unspecified atom stereocenters. The van der Waals surface area contributed by atoms with Crippen LogP contribution < -0.4 is 9.47 Å². The van der Waals surface area contributed by atoms with E-state index in [1.54, 1.807) is 17.9 Å². The van der Waals surface area contributed by atoms with E-state index in [2.05, 4.69) is 9.97 Å². The predicted molar refractivity (Wildman–Crippen MR) is 139 cm³/mol. The van der Waals surface area contributed by atoms with E-state index in [0.717, 1.165) is 23.0 Å². The van der Waals surface area contributed by atoms with Gasteiger partial charge in [0.05, 0.1) is 11.0 Å². The van der Waals surface area contributed by atoms with Crippen LogP contribution in [-0.2, 0) is 23.9 Å². The van der Waals surface area contributed by atoms with Crippen molar-refractivity contribution in [1.82, 2.24) is 19.1 Å². The zero-order valence-corrected chi connectivity index (χ0v) is 24.1. The molecule has 0 saturated heterocycles. The molecule has 0 aliphatic heterocycles. The number of nitrogens with zero attached hydrogens (tertiary/aromatic N) is 4. The molecular weight excluding hydrogens is 633 g/mol. The lowest BCUT2D eigenvalue weighted by Crippen LogP contribution is -2.08. The van der Waals surface area contributed by atoms with Gasteiger partial charge in [0.25, 0.3) is 12.9 Å². The Morgan fingerprint density at radius 2 is 1.30 bits per heavy atom. The van der Waals surface area contributed by atoms with Crippen LogP contribution in [0.3, 0.4) is 0 Å². The Balaban J connectivity index is 0.000000222. The molecule has 4 rings (SSSR count). The fourth-order valence-electron chi connectivity index (χ4n) is 3.55. The molecule has 0 aliphatic rings. The first-order valence-electron chi connectivity index (χ1n) is 10.8. The predicted octanol–water partition coefficient (Wildman–Crippen LogP) is 6.14. The maximum absolute atomic E-state index is 13.9. The monoisotopic (exact) mass is 652 g/mol. The lowest BCUT2D eigenvalue weighted by atomic mass is 10.3. The Morgan fingerprint density at radius 3 is 1.70 bits per heavy atom. The lowest BCUT2D eigenvalue weighted by molar-refractivity contribution is 0.0816. The van der Waals surface area contributed by atoms with Crippen molar-refractivity contribution in [2.75, 3.05) is 25.7 Å². The summed E-state index contributed by atoms with van der Waals surface area (Å²) in [7, 11) is -0.704. The molecule has 40 heavy (non-hydrogen) atoms. The summed E-state index contributed by atoms with van der Waals surface area (Å²) in [4.78, 5) is 7.78. The molecule has 0 spiro atoms. The van der Waals surface area contributed by atoms with Gasteiger partial charge in [-0.25, -0.2) is 44.7 Å². The quantitative estimate of drug-likeness (QED) is 0.167. The number of imidazole rings is 2. The Morgan fingerprint density at radius 1 is 0.875 bits per heavy atom. The van der Waals surface area contributed by atoms with E-state index >= 15 is 0 Å². The SMILES string of the molecule is CSc1nc2c(F)cc(OCC(F)F)c(Cl)c2n1C.Cn1c(S(C)(=O)=O)nc2c(F)cc(OCC(F)F)c(Cl)c21. The van der Waals surface area contributed by atoms with Crippen molar-refractivity contribution >= 4 is 66.9 Å². The summed E-state index contributed by atoms with van der Waals surface area (Å²) in [6, 6.07) is 1.77. The van der Waals surface area contributed by atoms with E-state index in [0.29, 0.717) is 10.7 Å². The maximum Gasteiger partial charge on any atom is 0.272 e. The van der Waals surface area contributed by atoms with E-state index in [1.807, 2.05) is 0 Å². The van der Waals surface area contributed by atoms with E-state index in [4.69, 9.17) is 32.7 Å². The highest BCUT2D eigenvalue weighted by molar-refractivity contribution is 7.98. The second-order valence-corrected chi connectivity index (χ2v) is 11.5. The standard InChI is InChI=1S/C11H10ClF3N2O3S.C11H10ClF3N2OS/c1-17-10-8(12)6(20-4-7(14)15)3-5(13)9(10)16-11(17)21(2,18)19;1-17-10-8(12)6(18-4-7(14)15)3-5(13)9(10)16-11(17)19-2/h3,7H,4H2,1-2H3;3,7H,4H2,1-2H3. The maximum atomic E-state index is 13.9. The molecule has 0 aliphatic carbocycles. The van der Waals surface area contributed by atoms with Crippen molar-refractivity contribution in [2.24, 2.45) is 14.1 Å². The number of aryl methyl sites for hydroxylation is 2. The fourth-order valence-corrected chi connectivity index (χ4v) is 5.59. The van der Waals surface area contributed by atoms with E-state index in [-0.39, 0.29) is 43.3 Å². The van der Waals surface area contributed by atoms with Gasteiger partial charge in [0, 0.05) is 32.5 Å². The van der Waals surface area contributed by atoms with Crippen LogP contribution in [0, 0.1) is 11.6 Å². The smallest absolute Gasteiger partial charge is 0.272 e. The molecule has 18 heteroatoms. The number of alkyl halides is 4. The number of halogens is 8. The van der Waals surface area contributed by atoms with Crippen molar-refractivity contribution in [1.29, 1.82) is 0 Å². The van der Waals surface area contributed by atoms with Gasteiger partial charge in [-0.2, -0.15) is 0 Å². The molecule has 2 aromatic heterocycles. The molecule has 220 valence electrons. The summed E-state index contributed by atoms with van der Waals surface area (Å²) >= 11 is 13.4. The van der Waals surface area contributed by atoms with Crippen LogP contribution >= 0.6 is 35.0 Å². The van der Waals surface area contributed by atoms with Crippen LogP contribution in [0.2, 0.25) is 10.0 Å². The van der Waals surface area contributed by atoms with Crippen molar-refractivity contribution < 1.29 is 44.2 Å². The summed E-state index contributed by atoms with van der Waals surface area (Å²) in [5.41, 5.74) is 0.116. The van der Waals surface area contributed by atoms with E-state index < -0.39 is 47.5 Å². The van der Waals surface area contributed by atoms with Crippen LogP contribution in [-0.4, -0.2) is 66.1 Å². The molecule has 2 heterocycles. The van der Waals surface area contributed by atoms with E-state index in [1.165, 1.54) is 18.8 Å². The van der Waals surface area contributed by atoms with Gasteiger partial charge in [0.15, 0.2) is 16.8 Å².